The number of rotatable bonds is 1. The topological polar surface area (TPSA) is 0 Å². The molecule has 2 atom stereocenters. The van der Waals surface area contributed by atoms with Crippen LogP contribution < -0.4 is 0 Å². The first-order valence-corrected chi connectivity index (χ1v) is 7.03. The average Bonchev–Trinajstić information content (AvgIpc) is 2.88. The molecule has 2 aliphatic rings. The van der Waals surface area contributed by atoms with Gasteiger partial charge in [0.05, 0.1) is 0 Å². The first kappa shape index (κ1) is 11.8. The minimum atomic E-state index is 0.290. The number of allylic oxidation sites excluding steroid dienone is 4. The summed E-state index contributed by atoms with van der Waals surface area (Å²) in [4.78, 5) is 0. The third-order valence-corrected chi connectivity index (χ3v) is 4.40. The second-order valence-electron chi connectivity index (χ2n) is 6.67. The second kappa shape index (κ2) is 4.12. The highest BCUT2D eigenvalue weighted by Gasteiger charge is 2.35. The summed E-state index contributed by atoms with van der Waals surface area (Å²) in [6, 6.07) is 11.0. The van der Waals surface area contributed by atoms with Gasteiger partial charge < -0.3 is 0 Å². The highest BCUT2D eigenvalue weighted by atomic mass is 14.4. The lowest BCUT2D eigenvalue weighted by atomic mass is 9.84. The van der Waals surface area contributed by atoms with Gasteiger partial charge in [-0.2, -0.15) is 0 Å². The van der Waals surface area contributed by atoms with Crippen LogP contribution in [0.3, 0.4) is 0 Å². The highest BCUT2D eigenvalue weighted by Crippen LogP contribution is 2.50. The Morgan fingerprint density at radius 3 is 2.44 bits per heavy atom. The van der Waals surface area contributed by atoms with Crippen LogP contribution in [-0.2, 0) is 0 Å². The Morgan fingerprint density at radius 1 is 1.06 bits per heavy atom. The van der Waals surface area contributed by atoms with Crippen molar-refractivity contribution in [1.82, 2.24) is 0 Å². The van der Waals surface area contributed by atoms with Crippen LogP contribution in [-0.4, -0.2) is 0 Å². The molecule has 1 aromatic carbocycles. The molecule has 0 spiro atoms. The van der Waals surface area contributed by atoms with Crippen LogP contribution in [0.1, 0.15) is 45.1 Å². The van der Waals surface area contributed by atoms with Crippen LogP contribution in [0.25, 0.3) is 0 Å². The standard InChI is InChI=1S/C18H22/c1-18(2,3)15-11-14-9-10-16(17(14)12-15)13-7-5-4-6-8-13/h4-8,11-12,16-17H,9-10H2,1-3H3. The zero-order valence-corrected chi connectivity index (χ0v) is 11.6. The zero-order valence-electron chi connectivity index (χ0n) is 11.6. The summed E-state index contributed by atoms with van der Waals surface area (Å²) < 4.78 is 0. The molecular formula is C18H22. The molecule has 1 aromatic rings. The van der Waals surface area contributed by atoms with E-state index in [0.717, 1.165) is 0 Å². The van der Waals surface area contributed by atoms with Gasteiger partial charge in [-0.3, -0.25) is 0 Å². The van der Waals surface area contributed by atoms with Gasteiger partial charge in [0, 0.05) is 5.92 Å². The van der Waals surface area contributed by atoms with E-state index >= 15 is 0 Å². The third kappa shape index (κ3) is 1.94. The van der Waals surface area contributed by atoms with Gasteiger partial charge in [-0.15, -0.1) is 0 Å². The molecule has 0 amide bonds. The van der Waals surface area contributed by atoms with Crippen molar-refractivity contribution in [1.29, 1.82) is 0 Å². The van der Waals surface area contributed by atoms with Crippen molar-refractivity contribution in [2.45, 2.75) is 39.5 Å². The van der Waals surface area contributed by atoms with E-state index in [1.165, 1.54) is 24.0 Å². The summed E-state index contributed by atoms with van der Waals surface area (Å²) >= 11 is 0. The van der Waals surface area contributed by atoms with E-state index in [2.05, 4.69) is 63.3 Å². The van der Waals surface area contributed by atoms with E-state index in [4.69, 9.17) is 0 Å². The lowest BCUT2D eigenvalue weighted by Crippen LogP contribution is -2.08. The fourth-order valence-corrected chi connectivity index (χ4v) is 3.30. The molecule has 0 N–H and O–H groups in total. The molecule has 0 radical (unpaired) electrons. The van der Waals surface area contributed by atoms with Gasteiger partial charge in [-0.25, -0.2) is 0 Å². The lowest BCUT2D eigenvalue weighted by molar-refractivity contribution is 0.513. The molecule has 0 aliphatic heterocycles. The Balaban J connectivity index is 1.91. The molecule has 18 heavy (non-hydrogen) atoms. The second-order valence-corrected chi connectivity index (χ2v) is 6.67. The fourth-order valence-electron chi connectivity index (χ4n) is 3.30. The Labute approximate surface area is 110 Å². The normalized spacial score (nSPS) is 26.8. The molecule has 0 heteroatoms. The predicted molar refractivity (Wildman–Crippen MR) is 77.5 cm³/mol. The SMILES string of the molecule is CC(C)(C)C1=CC2C(=C1)CCC2c1ccccc1. The smallest absolute Gasteiger partial charge is 0.00548 e. The Kier molecular flexibility index (Phi) is 2.69. The van der Waals surface area contributed by atoms with Crippen LogP contribution in [0.5, 0.6) is 0 Å². The molecule has 0 saturated heterocycles. The van der Waals surface area contributed by atoms with Gasteiger partial charge in [0.1, 0.15) is 0 Å². The zero-order chi connectivity index (χ0) is 12.8. The van der Waals surface area contributed by atoms with E-state index in [9.17, 15) is 0 Å². The van der Waals surface area contributed by atoms with Crippen molar-refractivity contribution >= 4 is 0 Å². The van der Waals surface area contributed by atoms with Gasteiger partial charge >= 0.3 is 0 Å². The van der Waals surface area contributed by atoms with Crippen molar-refractivity contribution < 1.29 is 0 Å². The van der Waals surface area contributed by atoms with Gasteiger partial charge in [0.15, 0.2) is 0 Å². The maximum Gasteiger partial charge on any atom is 0.00548 e. The van der Waals surface area contributed by atoms with E-state index in [0.29, 0.717) is 17.3 Å². The number of hydrogen-bond acceptors (Lipinski definition) is 0. The number of benzene rings is 1. The third-order valence-electron chi connectivity index (χ3n) is 4.40. The van der Waals surface area contributed by atoms with Gasteiger partial charge in [-0.1, -0.05) is 68.8 Å². The van der Waals surface area contributed by atoms with Crippen molar-refractivity contribution in [3.8, 4) is 0 Å². The summed E-state index contributed by atoms with van der Waals surface area (Å²) in [5, 5.41) is 0. The Hall–Kier alpha value is -1.30. The molecular weight excluding hydrogens is 216 g/mol. The van der Waals surface area contributed by atoms with Crippen molar-refractivity contribution in [2.24, 2.45) is 11.3 Å². The first-order valence-electron chi connectivity index (χ1n) is 7.03. The molecule has 0 heterocycles. The summed E-state index contributed by atoms with van der Waals surface area (Å²) in [5.41, 5.74) is 4.99. The molecule has 0 bridgehead atoms. The molecule has 94 valence electrons. The summed E-state index contributed by atoms with van der Waals surface area (Å²) in [6.07, 6.45) is 7.59. The monoisotopic (exact) mass is 238 g/mol. The minimum Gasteiger partial charge on any atom is -0.0730 e. The van der Waals surface area contributed by atoms with E-state index < -0.39 is 0 Å². The van der Waals surface area contributed by atoms with Gasteiger partial charge in [0.25, 0.3) is 0 Å². The van der Waals surface area contributed by atoms with Crippen LogP contribution in [0.15, 0.2) is 53.6 Å². The first-order chi connectivity index (χ1) is 8.55. The summed E-state index contributed by atoms with van der Waals surface area (Å²) in [7, 11) is 0. The predicted octanol–water partition coefficient (Wildman–Crippen LogP) is 5.09. The highest BCUT2D eigenvalue weighted by molar-refractivity contribution is 5.44. The van der Waals surface area contributed by atoms with Gasteiger partial charge in [0.2, 0.25) is 0 Å². The molecule has 1 fully saturated rings. The molecule has 0 aromatic heterocycles. The quantitative estimate of drug-likeness (QED) is 0.639. The molecule has 2 unspecified atom stereocenters. The van der Waals surface area contributed by atoms with E-state index in [1.54, 1.807) is 5.57 Å². The van der Waals surface area contributed by atoms with Gasteiger partial charge in [-0.05, 0) is 35.3 Å². The Morgan fingerprint density at radius 2 is 1.78 bits per heavy atom. The van der Waals surface area contributed by atoms with Crippen LogP contribution in [0.4, 0.5) is 0 Å². The number of fused-ring (bicyclic) bond motifs is 1. The van der Waals surface area contributed by atoms with Crippen LogP contribution >= 0.6 is 0 Å². The molecule has 3 rings (SSSR count). The minimum absolute atomic E-state index is 0.290. The maximum atomic E-state index is 2.53. The van der Waals surface area contributed by atoms with Crippen LogP contribution in [0.2, 0.25) is 0 Å². The fraction of sp³-hybridized carbons (Fsp3) is 0.444. The molecule has 1 saturated carbocycles. The number of hydrogen-bond donors (Lipinski definition) is 0. The summed E-state index contributed by atoms with van der Waals surface area (Å²) in [5.74, 6) is 1.37. The van der Waals surface area contributed by atoms with E-state index in [1.807, 2.05) is 0 Å². The van der Waals surface area contributed by atoms with Crippen LogP contribution in [0, 0.1) is 11.3 Å². The van der Waals surface area contributed by atoms with Crippen molar-refractivity contribution in [2.75, 3.05) is 0 Å². The van der Waals surface area contributed by atoms with Crippen molar-refractivity contribution in [3.63, 3.8) is 0 Å². The van der Waals surface area contributed by atoms with Crippen molar-refractivity contribution in [3.05, 3.63) is 59.2 Å². The largest absolute Gasteiger partial charge is 0.0730 e. The average molecular weight is 238 g/mol. The van der Waals surface area contributed by atoms with E-state index in [-0.39, 0.29) is 0 Å². The summed E-state index contributed by atoms with van der Waals surface area (Å²) in [6.45, 7) is 6.94. The maximum absolute atomic E-state index is 2.53. The Bertz CT molecular complexity index is 497. The molecule has 0 nitrogen and oxygen atoms in total. The molecule has 2 aliphatic carbocycles. The lowest BCUT2D eigenvalue weighted by Gasteiger charge is -2.20.